The van der Waals surface area contributed by atoms with Crippen molar-refractivity contribution in [1.29, 1.82) is 0 Å². The predicted octanol–water partition coefficient (Wildman–Crippen LogP) is 4.26. The molecule has 1 amide bonds. The molecule has 6 heteroatoms. The molecule has 2 N–H and O–H groups in total. The van der Waals surface area contributed by atoms with Gasteiger partial charge < -0.3 is 14.8 Å². The molecule has 0 radical (unpaired) electrons. The van der Waals surface area contributed by atoms with Crippen LogP contribution in [0.2, 0.25) is 0 Å². The van der Waals surface area contributed by atoms with Gasteiger partial charge in [-0.3, -0.25) is 9.78 Å². The molecule has 4 aromatic rings. The van der Waals surface area contributed by atoms with Crippen molar-refractivity contribution >= 4 is 17.0 Å². The number of fused-ring (bicyclic) bond motifs is 1. The first kappa shape index (κ1) is 21.7. The Hall–Kier alpha value is -3.51. The number of hydrogen-bond donors (Lipinski definition) is 2. The first-order chi connectivity index (χ1) is 15.2. The summed E-state index contributed by atoms with van der Waals surface area (Å²) < 4.78 is 5.83. The van der Waals surface area contributed by atoms with Crippen molar-refractivity contribution in [3.05, 3.63) is 94.1 Å². The van der Waals surface area contributed by atoms with Crippen molar-refractivity contribution in [2.45, 2.75) is 46.3 Å². The van der Waals surface area contributed by atoms with E-state index < -0.39 is 5.60 Å². The van der Waals surface area contributed by atoms with E-state index in [1.165, 1.54) is 5.56 Å². The number of pyridine rings is 2. The molecule has 1 unspecified atom stereocenters. The average molecular weight is 430 g/mol. The van der Waals surface area contributed by atoms with Crippen LogP contribution in [0.5, 0.6) is 0 Å². The molecule has 3 heterocycles. The largest absolute Gasteiger partial charge is 0.439 e. The lowest BCUT2D eigenvalue weighted by Gasteiger charge is -2.21. The molecule has 0 aliphatic heterocycles. The minimum atomic E-state index is -1.32. The van der Waals surface area contributed by atoms with Crippen LogP contribution >= 0.6 is 0 Å². The van der Waals surface area contributed by atoms with Crippen LogP contribution in [0.1, 0.15) is 46.2 Å². The zero-order valence-electron chi connectivity index (χ0n) is 18.8. The molecule has 1 aromatic carbocycles. The van der Waals surface area contributed by atoms with E-state index in [0.717, 1.165) is 27.8 Å². The van der Waals surface area contributed by atoms with E-state index in [0.29, 0.717) is 23.6 Å². The first-order valence-electron chi connectivity index (χ1n) is 10.6. The highest BCUT2D eigenvalue weighted by Crippen LogP contribution is 2.33. The van der Waals surface area contributed by atoms with Gasteiger partial charge in [0.2, 0.25) is 11.6 Å². The summed E-state index contributed by atoms with van der Waals surface area (Å²) in [5.74, 6) is 0.316. The van der Waals surface area contributed by atoms with Gasteiger partial charge in [-0.25, -0.2) is 4.98 Å². The lowest BCUT2D eigenvalue weighted by atomic mass is 9.93. The van der Waals surface area contributed by atoms with Crippen molar-refractivity contribution in [2.24, 2.45) is 0 Å². The van der Waals surface area contributed by atoms with Gasteiger partial charge in [-0.1, -0.05) is 23.8 Å². The summed E-state index contributed by atoms with van der Waals surface area (Å²) in [6.45, 7) is 8.14. The van der Waals surface area contributed by atoms with Crippen LogP contribution in [-0.4, -0.2) is 21.0 Å². The van der Waals surface area contributed by atoms with Gasteiger partial charge >= 0.3 is 0 Å². The molecule has 0 bridgehead atoms. The van der Waals surface area contributed by atoms with Gasteiger partial charge in [-0.2, -0.15) is 0 Å². The molecule has 0 fully saturated rings. The van der Waals surface area contributed by atoms with Gasteiger partial charge in [0.25, 0.3) is 0 Å². The molecule has 4 rings (SSSR count). The second-order valence-electron chi connectivity index (χ2n) is 8.49. The van der Waals surface area contributed by atoms with E-state index in [1.54, 1.807) is 31.5 Å². The fourth-order valence-corrected chi connectivity index (χ4v) is 3.79. The number of aromatic nitrogens is 2. The van der Waals surface area contributed by atoms with Gasteiger partial charge in [0.15, 0.2) is 0 Å². The van der Waals surface area contributed by atoms with Gasteiger partial charge in [0, 0.05) is 30.0 Å². The van der Waals surface area contributed by atoms with Gasteiger partial charge in [0.05, 0.1) is 6.42 Å². The Balaban J connectivity index is 1.48. The number of hydrogen-bond acceptors (Lipinski definition) is 5. The fourth-order valence-electron chi connectivity index (χ4n) is 3.79. The molecule has 164 valence electrons. The fraction of sp³-hybridized carbons (Fsp3) is 0.269. The van der Waals surface area contributed by atoms with E-state index in [-0.39, 0.29) is 12.3 Å². The first-order valence-corrected chi connectivity index (χ1v) is 10.6. The smallest absolute Gasteiger partial charge is 0.226 e. The Morgan fingerprint density at radius 3 is 2.66 bits per heavy atom. The number of benzene rings is 1. The molecular formula is C26H27N3O3. The molecule has 32 heavy (non-hydrogen) atoms. The maximum Gasteiger partial charge on any atom is 0.226 e. The topological polar surface area (TPSA) is 88.2 Å². The van der Waals surface area contributed by atoms with E-state index in [4.69, 9.17) is 4.42 Å². The van der Waals surface area contributed by atoms with E-state index in [9.17, 15) is 9.90 Å². The maximum atomic E-state index is 12.5. The number of carbonyl (C=O) groups excluding carboxylic acids is 1. The van der Waals surface area contributed by atoms with Crippen LogP contribution in [0.15, 0.2) is 59.3 Å². The number of aliphatic hydroxyl groups is 1. The van der Waals surface area contributed by atoms with E-state index >= 15 is 0 Å². The zero-order chi connectivity index (χ0) is 22.9. The number of aryl methyl sites for hydroxylation is 3. The van der Waals surface area contributed by atoms with Crippen LogP contribution in [0.3, 0.4) is 0 Å². The Kier molecular flexibility index (Phi) is 5.80. The summed E-state index contributed by atoms with van der Waals surface area (Å²) in [4.78, 5) is 21.0. The molecule has 0 aliphatic carbocycles. The number of nitrogens with one attached hydrogen (secondary N) is 1. The van der Waals surface area contributed by atoms with Crippen molar-refractivity contribution in [2.75, 3.05) is 0 Å². The van der Waals surface area contributed by atoms with E-state index in [1.807, 2.05) is 38.1 Å². The third-order valence-electron chi connectivity index (χ3n) is 5.71. The average Bonchev–Trinajstić information content (AvgIpc) is 3.17. The number of furan rings is 1. The van der Waals surface area contributed by atoms with Crippen LogP contribution < -0.4 is 5.32 Å². The van der Waals surface area contributed by atoms with Gasteiger partial charge in [0.1, 0.15) is 11.4 Å². The highest BCUT2D eigenvalue weighted by atomic mass is 16.4. The van der Waals surface area contributed by atoms with Gasteiger partial charge in [-0.05, 0) is 74.2 Å². The van der Waals surface area contributed by atoms with Crippen LogP contribution in [0.25, 0.3) is 11.1 Å². The highest BCUT2D eigenvalue weighted by Gasteiger charge is 2.30. The Bertz CT molecular complexity index is 1290. The van der Waals surface area contributed by atoms with Crippen molar-refractivity contribution in [1.82, 2.24) is 15.3 Å². The number of amides is 1. The lowest BCUT2D eigenvalue weighted by Crippen LogP contribution is -2.25. The SMILES string of the molecule is Cc1ccc(CNC(=O)Cc2cnc3oc(C(C)(O)c4ccnc(C)c4)cc3c2)c(C)c1. The number of carbonyl (C=O) groups is 1. The second-order valence-corrected chi connectivity index (χ2v) is 8.49. The Labute approximate surface area is 187 Å². The summed E-state index contributed by atoms with van der Waals surface area (Å²) >= 11 is 0. The zero-order valence-corrected chi connectivity index (χ0v) is 18.8. The number of nitrogens with zero attached hydrogens (tertiary/aromatic N) is 2. The minimum Gasteiger partial charge on any atom is -0.439 e. The molecular weight excluding hydrogens is 402 g/mol. The summed E-state index contributed by atoms with van der Waals surface area (Å²) in [6.07, 6.45) is 3.51. The molecule has 3 aromatic heterocycles. The minimum absolute atomic E-state index is 0.0749. The monoisotopic (exact) mass is 429 g/mol. The third-order valence-corrected chi connectivity index (χ3v) is 5.71. The molecule has 0 saturated carbocycles. The Morgan fingerprint density at radius 2 is 1.91 bits per heavy atom. The van der Waals surface area contributed by atoms with Gasteiger partial charge in [-0.15, -0.1) is 0 Å². The molecule has 0 saturated heterocycles. The van der Waals surface area contributed by atoms with Crippen LogP contribution in [0.4, 0.5) is 0 Å². The predicted molar refractivity (Wildman–Crippen MR) is 123 cm³/mol. The van der Waals surface area contributed by atoms with E-state index in [2.05, 4.69) is 28.3 Å². The molecule has 0 aliphatic rings. The second kappa shape index (κ2) is 8.55. The summed E-state index contributed by atoms with van der Waals surface area (Å²) in [7, 11) is 0. The molecule has 1 atom stereocenters. The highest BCUT2D eigenvalue weighted by molar-refractivity contribution is 5.81. The maximum absolute atomic E-state index is 12.5. The summed E-state index contributed by atoms with van der Waals surface area (Å²) in [6, 6.07) is 13.4. The summed E-state index contributed by atoms with van der Waals surface area (Å²) in [5, 5.41) is 14.8. The van der Waals surface area contributed by atoms with Crippen LogP contribution in [-0.2, 0) is 23.4 Å². The van der Waals surface area contributed by atoms with Crippen LogP contribution in [0, 0.1) is 20.8 Å². The lowest BCUT2D eigenvalue weighted by molar-refractivity contribution is -0.120. The number of rotatable bonds is 6. The third kappa shape index (κ3) is 4.55. The van der Waals surface area contributed by atoms with Crippen molar-refractivity contribution < 1.29 is 14.3 Å². The van der Waals surface area contributed by atoms with Crippen molar-refractivity contribution in [3.8, 4) is 0 Å². The summed E-state index contributed by atoms with van der Waals surface area (Å²) in [5.41, 5.74) is 4.85. The molecule has 0 spiro atoms. The normalized spacial score (nSPS) is 13.2. The Morgan fingerprint density at radius 1 is 1.09 bits per heavy atom. The standard InChI is InChI=1S/C26H27N3O3/c1-16-5-6-20(17(2)9-16)15-28-24(30)12-19-11-21-13-23(32-25(21)29-14-19)26(4,31)22-7-8-27-18(3)10-22/h5-11,13-14,31H,12,15H2,1-4H3,(H,28,30). The van der Waals surface area contributed by atoms with Crippen molar-refractivity contribution in [3.63, 3.8) is 0 Å². The molecule has 6 nitrogen and oxygen atoms in total. The quantitative estimate of drug-likeness (QED) is 0.478.